The van der Waals surface area contributed by atoms with E-state index in [0.717, 1.165) is 4.47 Å². The highest BCUT2D eigenvalue weighted by atomic mass is 79.9. The highest BCUT2D eigenvalue weighted by Crippen LogP contribution is 2.35. The van der Waals surface area contributed by atoms with E-state index in [1.165, 1.54) is 34.5 Å². The molecule has 0 amide bonds. The van der Waals surface area contributed by atoms with E-state index in [-0.39, 0.29) is 11.3 Å². The van der Waals surface area contributed by atoms with E-state index in [1.807, 2.05) is 6.07 Å². The van der Waals surface area contributed by atoms with Gasteiger partial charge in [-0.2, -0.15) is 0 Å². The minimum absolute atomic E-state index is 0.0175. The molecule has 1 aliphatic rings. The smallest absolute Gasteiger partial charge is 0.355 e. The van der Waals surface area contributed by atoms with Crippen LogP contribution in [0.25, 0.3) is 0 Å². The van der Waals surface area contributed by atoms with Gasteiger partial charge in [0.25, 0.3) is 0 Å². The van der Waals surface area contributed by atoms with Gasteiger partial charge in [0.05, 0.1) is 25.5 Å². The van der Waals surface area contributed by atoms with Gasteiger partial charge in [0, 0.05) is 30.5 Å². The Morgan fingerprint density at radius 2 is 1.67 bits per heavy atom. The van der Waals surface area contributed by atoms with Crippen molar-refractivity contribution in [2.24, 2.45) is 0 Å². The van der Waals surface area contributed by atoms with Crippen molar-refractivity contribution in [3.63, 3.8) is 0 Å². The lowest BCUT2D eigenvalue weighted by Crippen LogP contribution is -2.28. The van der Waals surface area contributed by atoms with Gasteiger partial charge in [0.15, 0.2) is 6.29 Å². The molecular weight excluding hydrogens is 418 g/mol. The van der Waals surface area contributed by atoms with E-state index >= 15 is 0 Å². The second-order valence-electron chi connectivity index (χ2n) is 5.32. The van der Waals surface area contributed by atoms with Gasteiger partial charge in [-0.05, 0) is 30.4 Å². The first-order valence-corrected chi connectivity index (χ1v) is 8.67. The van der Waals surface area contributed by atoms with Gasteiger partial charge >= 0.3 is 11.9 Å². The Kier molecular flexibility index (Phi) is 7.35. The Labute approximate surface area is 166 Å². The van der Waals surface area contributed by atoms with Gasteiger partial charge in [-0.1, -0.05) is 22.0 Å². The third-order valence-corrected chi connectivity index (χ3v) is 4.31. The van der Waals surface area contributed by atoms with Crippen molar-refractivity contribution in [3.05, 3.63) is 63.9 Å². The molecule has 0 N–H and O–H groups in total. The predicted molar refractivity (Wildman–Crippen MR) is 103 cm³/mol. The molecule has 0 atom stereocenters. The van der Waals surface area contributed by atoms with Crippen LogP contribution in [0.3, 0.4) is 0 Å². The summed E-state index contributed by atoms with van der Waals surface area (Å²) in [5, 5.41) is 0. The normalized spacial score (nSPS) is 13.8. The second kappa shape index (κ2) is 9.50. The molecule has 0 spiro atoms. The first-order chi connectivity index (χ1) is 13.0. The topological polar surface area (TPSA) is 74.3 Å². The molecule has 0 aromatic heterocycles. The largest absolute Gasteiger partial charge is 0.465 e. The summed E-state index contributed by atoms with van der Waals surface area (Å²) in [4.78, 5) is 26.4. The van der Waals surface area contributed by atoms with Gasteiger partial charge in [0.1, 0.15) is 5.70 Å². The SMILES string of the molecule is COC(=O)C1=C(C(=O)OC)N(c2ccc(Br)cc2C(OC)OC)C=CC=C1. The highest BCUT2D eigenvalue weighted by Gasteiger charge is 2.30. The number of nitrogens with zero attached hydrogens (tertiary/aromatic N) is 1. The number of rotatable bonds is 6. The molecule has 0 radical (unpaired) electrons. The molecule has 0 unspecified atom stereocenters. The molecule has 8 heteroatoms. The number of halogens is 1. The second-order valence-corrected chi connectivity index (χ2v) is 6.24. The molecule has 1 aromatic carbocycles. The van der Waals surface area contributed by atoms with E-state index in [4.69, 9.17) is 18.9 Å². The number of benzene rings is 1. The fourth-order valence-electron chi connectivity index (χ4n) is 2.63. The summed E-state index contributed by atoms with van der Waals surface area (Å²) in [6.07, 6.45) is 5.78. The minimum atomic E-state index is -0.692. The van der Waals surface area contributed by atoms with Crippen LogP contribution in [0.4, 0.5) is 5.69 Å². The Balaban J connectivity index is 2.75. The summed E-state index contributed by atoms with van der Waals surface area (Å²) in [5.74, 6) is -1.35. The van der Waals surface area contributed by atoms with Crippen LogP contribution in [0.15, 0.2) is 58.4 Å². The summed E-state index contributed by atoms with van der Waals surface area (Å²) in [7, 11) is 5.51. The minimum Gasteiger partial charge on any atom is -0.465 e. The van der Waals surface area contributed by atoms with Crippen molar-refractivity contribution < 1.29 is 28.5 Å². The van der Waals surface area contributed by atoms with Gasteiger partial charge in [-0.15, -0.1) is 0 Å². The van der Waals surface area contributed by atoms with Gasteiger partial charge < -0.3 is 23.8 Å². The number of ether oxygens (including phenoxy) is 4. The summed E-state index contributed by atoms with van der Waals surface area (Å²) >= 11 is 3.43. The average molecular weight is 438 g/mol. The molecule has 0 aliphatic carbocycles. The number of anilines is 1. The molecule has 0 saturated heterocycles. The third kappa shape index (κ3) is 4.47. The third-order valence-electron chi connectivity index (χ3n) is 3.82. The molecule has 0 saturated carbocycles. The zero-order valence-electron chi connectivity index (χ0n) is 15.4. The van der Waals surface area contributed by atoms with Gasteiger partial charge in [0.2, 0.25) is 0 Å². The number of hydrogen-bond acceptors (Lipinski definition) is 7. The van der Waals surface area contributed by atoms with Crippen molar-refractivity contribution in [2.45, 2.75) is 6.29 Å². The fourth-order valence-corrected chi connectivity index (χ4v) is 3.01. The molecule has 1 aliphatic heterocycles. The maximum atomic E-state index is 12.6. The van der Waals surface area contributed by atoms with Crippen LogP contribution in [0.2, 0.25) is 0 Å². The number of carbonyl (C=O) groups is 2. The zero-order chi connectivity index (χ0) is 20.0. The number of esters is 2. The molecule has 2 rings (SSSR count). The standard InChI is InChI=1S/C19H20BrNO6/c1-24-17(22)13-7-5-6-10-21(16(13)18(23)25-2)15-9-8-12(20)11-14(15)19(26-3)27-4/h5-11,19H,1-4H3. The molecule has 144 valence electrons. The Bertz CT molecular complexity index is 810. The lowest BCUT2D eigenvalue weighted by Gasteiger charge is -2.27. The molecule has 1 aromatic rings. The van der Waals surface area contributed by atoms with Crippen LogP contribution >= 0.6 is 15.9 Å². The van der Waals surface area contributed by atoms with E-state index in [9.17, 15) is 9.59 Å². The number of hydrogen-bond donors (Lipinski definition) is 0. The summed E-state index contributed by atoms with van der Waals surface area (Å²) in [6.45, 7) is 0. The van der Waals surface area contributed by atoms with Crippen molar-refractivity contribution >= 4 is 33.6 Å². The maximum absolute atomic E-state index is 12.6. The number of allylic oxidation sites excluding steroid dienone is 2. The van der Waals surface area contributed by atoms with Crippen LogP contribution < -0.4 is 4.90 Å². The quantitative estimate of drug-likeness (QED) is 0.499. The number of carbonyl (C=O) groups excluding carboxylic acids is 2. The van der Waals surface area contributed by atoms with E-state index in [0.29, 0.717) is 11.3 Å². The van der Waals surface area contributed by atoms with E-state index in [1.54, 1.807) is 35.4 Å². The molecule has 0 bridgehead atoms. The maximum Gasteiger partial charge on any atom is 0.355 e. The summed E-state index contributed by atoms with van der Waals surface area (Å²) in [6, 6.07) is 5.39. The van der Waals surface area contributed by atoms with Crippen LogP contribution in [0.1, 0.15) is 11.9 Å². The van der Waals surface area contributed by atoms with Crippen molar-refractivity contribution in [2.75, 3.05) is 33.3 Å². The first kappa shape index (κ1) is 20.9. The van der Waals surface area contributed by atoms with Gasteiger partial charge in [-0.3, -0.25) is 0 Å². The van der Waals surface area contributed by atoms with Crippen LogP contribution in [-0.4, -0.2) is 40.4 Å². The summed E-state index contributed by atoms with van der Waals surface area (Å²) in [5.41, 5.74) is 1.30. The van der Waals surface area contributed by atoms with Crippen LogP contribution in [0.5, 0.6) is 0 Å². The van der Waals surface area contributed by atoms with Crippen LogP contribution in [0, 0.1) is 0 Å². The van der Waals surface area contributed by atoms with Crippen molar-refractivity contribution in [3.8, 4) is 0 Å². The van der Waals surface area contributed by atoms with Crippen molar-refractivity contribution in [1.29, 1.82) is 0 Å². The lowest BCUT2D eigenvalue weighted by molar-refractivity contribution is -0.139. The van der Waals surface area contributed by atoms with E-state index in [2.05, 4.69) is 15.9 Å². The molecule has 27 heavy (non-hydrogen) atoms. The molecular formula is C19H20BrNO6. The Morgan fingerprint density at radius 1 is 1.00 bits per heavy atom. The number of methoxy groups -OCH3 is 4. The van der Waals surface area contributed by atoms with Crippen LogP contribution in [-0.2, 0) is 28.5 Å². The Hall–Kier alpha value is -2.42. The monoisotopic (exact) mass is 437 g/mol. The molecule has 1 heterocycles. The lowest BCUT2D eigenvalue weighted by atomic mass is 10.1. The summed E-state index contributed by atoms with van der Waals surface area (Å²) < 4.78 is 21.3. The molecule has 7 nitrogen and oxygen atoms in total. The highest BCUT2D eigenvalue weighted by molar-refractivity contribution is 9.10. The molecule has 0 fully saturated rings. The van der Waals surface area contributed by atoms with E-state index < -0.39 is 18.2 Å². The predicted octanol–water partition coefficient (Wildman–Crippen LogP) is 3.23. The first-order valence-electron chi connectivity index (χ1n) is 7.88. The Morgan fingerprint density at radius 3 is 2.26 bits per heavy atom. The fraction of sp³-hybridized carbons (Fsp3) is 0.263. The van der Waals surface area contributed by atoms with Crippen molar-refractivity contribution in [1.82, 2.24) is 0 Å². The zero-order valence-corrected chi connectivity index (χ0v) is 17.0. The average Bonchev–Trinajstić information content (AvgIpc) is 2.91. The van der Waals surface area contributed by atoms with Gasteiger partial charge in [-0.25, -0.2) is 9.59 Å².